The number of para-hydroxylation sites is 1. The van der Waals surface area contributed by atoms with Gasteiger partial charge >= 0.3 is 0 Å². The number of anilines is 1. The Hall–Kier alpha value is -2.20. The molecule has 33 heavy (non-hydrogen) atoms. The third-order valence-corrected chi connectivity index (χ3v) is 8.98. The van der Waals surface area contributed by atoms with E-state index in [1.54, 1.807) is 29.2 Å². The second-order valence-corrected chi connectivity index (χ2v) is 12.3. The fourth-order valence-corrected chi connectivity index (χ4v) is 7.39. The van der Waals surface area contributed by atoms with Crippen LogP contribution in [0, 0.1) is 16.7 Å². The van der Waals surface area contributed by atoms with Crippen LogP contribution in [0.15, 0.2) is 57.2 Å². The van der Waals surface area contributed by atoms with Crippen molar-refractivity contribution in [2.75, 3.05) is 10.7 Å². The fourth-order valence-electron chi connectivity index (χ4n) is 4.79. The average Bonchev–Trinajstić information content (AvgIpc) is 3.16. The summed E-state index contributed by atoms with van der Waals surface area (Å²) in [6.45, 7) is 8.46. The SMILES string of the molecule is CCSc1sc(CC)cc1[C@H]1C(C#N)=C(N)N(c2ccccc2Cl)C2=C1C(=O)CC(C)(C)C2. The lowest BCUT2D eigenvalue weighted by Crippen LogP contribution is -2.42. The van der Waals surface area contributed by atoms with Crippen LogP contribution in [-0.4, -0.2) is 11.5 Å². The Morgan fingerprint density at radius 3 is 2.67 bits per heavy atom. The molecule has 0 bridgehead atoms. The van der Waals surface area contributed by atoms with E-state index >= 15 is 0 Å². The van der Waals surface area contributed by atoms with Crippen molar-refractivity contribution in [3.63, 3.8) is 0 Å². The lowest BCUT2D eigenvalue weighted by Gasteiger charge is -2.44. The molecule has 172 valence electrons. The van der Waals surface area contributed by atoms with Gasteiger partial charge in [-0.3, -0.25) is 9.69 Å². The standard InChI is InChI=1S/C26H28ClN3OS2/c1-5-15-11-16(25(33-15)32-6-2)22-17(14-28)24(29)30(19-10-8-7-9-18(19)27)20-12-26(3,4)13-21(31)23(20)22/h7-11,22H,5-6,12-13,29H2,1-4H3/t22-/m0/s1. The zero-order valence-electron chi connectivity index (χ0n) is 19.4. The predicted molar refractivity (Wildman–Crippen MR) is 139 cm³/mol. The van der Waals surface area contributed by atoms with E-state index in [4.69, 9.17) is 17.3 Å². The maximum absolute atomic E-state index is 13.7. The summed E-state index contributed by atoms with van der Waals surface area (Å²) in [6.07, 6.45) is 2.03. The van der Waals surface area contributed by atoms with Gasteiger partial charge in [-0.2, -0.15) is 5.26 Å². The Kier molecular flexibility index (Phi) is 6.68. The van der Waals surface area contributed by atoms with E-state index in [-0.39, 0.29) is 11.2 Å². The monoisotopic (exact) mass is 497 g/mol. The summed E-state index contributed by atoms with van der Waals surface area (Å²) < 4.78 is 1.16. The lowest BCUT2D eigenvalue weighted by atomic mass is 9.69. The third-order valence-electron chi connectivity index (χ3n) is 6.19. The molecular weight excluding hydrogens is 470 g/mol. The van der Waals surface area contributed by atoms with Crippen molar-refractivity contribution in [1.29, 1.82) is 5.26 Å². The van der Waals surface area contributed by atoms with Crippen LogP contribution in [0.5, 0.6) is 0 Å². The highest BCUT2D eigenvalue weighted by Gasteiger charge is 2.45. The smallest absolute Gasteiger partial charge is 0.162 e. The summed E-state index contributed by atoms with van der Waals surface area (Å²) >= 11 is 10.1. The summed E-state index contributed by atoms with van der Waals surface area (Å²) in [4.78, 5) is 16.8. The van der Waals surface area contributed by atoms with Gasteiger partial charge in [0, 0.05) is 22.6 Å². The first-order valence-corrected chi connectivity index (χ1v) is 13.4. The number of nitriles is 1. The summed E-state index contributed by atoms with van der Waals surface area (Å²) in [6, 6.07) is 12.0. The number of benzene rings is 1. The Balaban J connectivity index is 2.03. The van der Waals surface area contributed by atoms with E-state index in [9.17, 15) is 10.1 Å². The highest BCUT2D eigenvalue weighted by atomic mass is 35.5. The fraction of sp³-hybridized carbons (Fsp3) is 0.385. The molecule has 0 spiro atoms. The van der Waals surface area contributed by atoms with Crippen molar-refractivity contribution in [1.82, 2.24) is 0 Å². The molecule has 4 nitrogen and oxygen atoms in total. The minimum Gasteiger partial charge on any atom is -0.384 e. The van der Waals surface area contributed by atoms with Crippen molar-refractivity contribution in [3.05, 3.63) is 68.5 Å². The van der Waals surface area contributed by atoms with E-state index in [0.29, 0.717) is 40.5 Å². The first-order valence-electron chi connectivity index (χ1n) is 11.2. The van der Waals surface area contributed by atoms with Crippen LogP contribution in [0.2, 0.25) is 5.02 Å². The summed E-state index contributed by atoms with van der Waals surface area (Å²) in [7, 11) is 0. The molecule has 7 heteroatoms. The molecule has 0 unspecified atom stereocenters. The third kappa shape index (κ3) is 4.23. The van der Waals surface area contributed by atoms with Gasteiger partial charge in [-0.15, -0.1) is 23.1 Å². The lowest BCUT2D eigenvalue weighted by molar-refractivity contribution is -0.118. The summed E-state index contributed by atoms with van der Waals surface area (Å²) in [5, 5.41) is 10.8. The zero-order valence-corrected chi connectivity index (χ0v) is 21.8. The first-order chi connectivity index (χ1) is 15.7. The Bertz CT molecular complexity index is 1220. The van der Waals surface area contributed by atoms with Crippen LogP contribution in [0.4, 0.5) is 5.69 Å². The molecule has 2 heterocycles. The molecule has 0 radical (unpaired) electrons. The van der Waals surface area contributed by atoms with E-state index in [1.165, 1.54) is 4.88 Å². The molecule has 1 aliphatic heterocycles. The van der Waals surface area contributed by atoms with Crippen LogP contribution >= 0.6 is 34.7 Å². The van der Waals surface area contributed by atoms with Crippen molar-refractivity contribution >= 4 is 46.2 Å². The molecule has 2 aromatic rings. The van der Waals surface area contributed by atoms with Gasteiger partial charge < -0.3 is 5.73 Å². The molecule has 0 fully saturated rings. The molecule has 2 aliphatic rings. The topological polar surface area (TPSA) is 70.1 Å². The maximum atomic E-state index is 13.7. The highest BCUT2D eigenvalue weighted by Crippen LogP contribution is 2.53. The zero-order chi connectivity index (χ0) is 23.9. The van der Waals surface area contributed by atoms with Crippen molar-refractivity contribution < 1.29 is 4.79 Å². The number of nitrogens with two attached hydrogens (primary N) is 1. The number of allylic oxidation sites excluding steroid dienone is 3. The van der Waals surface area contributed by atoms with E-state index in [1.807, 2.05) is 23.1 Å². The Labute approximate surface area is 209 Å². The van der Waals surface area contributed by atoms with Crippen LogP contribution in [0.25, 0.3) is 0 Å². The van der Waals surface area contributed by atoms with E-state index in [0.717, 1.165) is 27.6 Å². The molecular formula is C26H28ClN3OS2. The van der Waals surface area contributed by atoms with E-state index in [2.05, 4.69) is 39.8 Å². The van der Waals surface area contributed by atoms with Crippen LogP contribution in [-0.2, 0) is 11.2 Å². The molecule has 4 rings (SSSR count). The maximum Gasteiger partial charge on any atom is 0.162 e. The molecule has 1 aliphatic carbocycles. The minimum absolute atomic E-state index is 0.0836. The minimum atomic E-state index is -0.446. The number of thioether (sulfide) groups is 1. The van der Waals surface area contributed by atoms with Crippen LogP contribution in [0.1, 0.15) is 56.9 Å². The second kappa shape index (κ2) is 9.21. The number of carbonyl (C=O) groups excluding carboxylic acids is 1. The molecule has 2 N–H and O–H groups in total. The van der Waals surface area contributed by atoms with Gasteiger partial charge in [0.25, 0.3) is 0 Å². The quantitative estimate of drug-likeness (QED) is 0.449. The van der Waals surface area contributed by atoms with Gasteiger partial charge in [-0.05, 0) is 47.8 Å². The number of hydrogen-bond acceptors (Lipinski definition) is 6. The normalized spacial score (nSPS) is 20.2. The highest BCUT2D eigenvalue weighted by molar-refractivity contribution is 8.01. The van der Waals surface area contributed by atoms with Gasteiger partial charge in [0.1, 0.15) is 5.82 Å². The summed E-state index contributed by atoms with van der Waals surface area (Å²) in [5.74, 6) is 0.915. The molecule has 1 aromatic carbocycles. The van der Waals surface area contributed by atoms with Gasteiger partial charge in [-0.1, -0.05) is 51.4 Å². The van der Waals surface area contributed by atoms with Crippen molar-refractivity contribution in [2.45, 2.75) is 57.1 Å². The number of halogens is 1. The number of aryl methyl sites for hydroxylation is 1. The molecule has 0 amide bonds. The Morgan fingerprint density at radius 1 is 1.30 bits per heavy atom. The second-order valence-electron chi connectivity index (χ2n) is 9.17. The number of Topliss-reactive ketones (excluding diaryl/α,β-unsaturated/α-hetero) is 1. The molecule has 1 aromatic heterocycles. The van der Waals surface area contributed by atoms with Crippen molar-refractivity contribution in [3.8, 4) is 6.07 Å². The first kappa shape index (κ1) is 23.9. The number of carbonyl (C=O) groups is 1. The average molecular weight is 498 g/mol. The van der Waals surface area contributed by atoms with Gasteiger partial charge in [0.15, 0.2) is 5.78 Å². The van der Waals surface area contributed by atoms with Gasteiger partial charge in [0.05, 0.1) is 32.5 Å². The van der Waals surface area contributed by atoms with Crippen LogP contribution < -0.4 is 10.6 Å². The number of hydrogen-bond donors (Lipinski definition) is 1. The van der Waals surface area contributed by atoms with Crippen molar-refractivity contribution in [2.24, 2.45) is 11.1 Å². The largest absolute Gasteiger partial charge is 0.384 e. The van der Waals surface area contributed by atoms with Gasteiger partial charge in [-0.25, -0.2) is 0 Å². The predicted octanol–water partition coefficient (Wildman–Crippen LogP) is 7.02. The van der Waals surface area contributed by atoms with Gasteiger partial charge in [0.2, 0.25) is 0 Å². The number of rotatable bonds is 5. The molecule has 0 saturated heterocycles. The van der Waals surface area contributed by atoms with Crippen LogP contribution in [0.3, 0.4) is 0 Å². The summed E-state index contributed by atoms with van der Waals surface area (Å²) in [5.41, 5.74) is 10.2. The molecule has 1 atom stereocenters. The number of thiophene rings is 1. The number of nitrogens with zero attached hydrogens (tertiary/aromatic N) is 2. The number of ketones is 1. The molecule has 0 saturated carbocycles. The Morgan fingerprint density at radius 2 is 2.03 bits per heavy atom. The van der Waals surface area contributed by atoms with E-state index < -0.39 is 5.92 Å².